The van der Waals surface area contributed by atoms with Gasteiger partial charge >= 0.3 is 0 Å². The average Bonchev–Trinajstić information content (AvgIpc) is 2.41. The molecule has 0 bridgehead atoms. The summed E-state index contributed by atoms with van der Waals surface area (Å²) in [6, 6.07) is 5.94. The third-order valence-corrected chi connectivity index (χ3v) is 5.23. The Morgan fingerprint density at radius 3 is 2.95 bits per heavy atom. The first-order chi connectivity index (χ1) is 9.21. The van der Waals surface area contributed by atoms with E-state index in [1.165, 1.54) is 42.5 Å². The lowest BCUT2D eigenvalue weighted by atomic mass is 9.49. The van der Waals surface area contributed by atoms with Crippen LogP contribution in [0.5, 0.6) is 5.75 Å². The molecule has 0 saturated heterocycles. The lowest BCUT2D eigenvalue weighted by Gasteiger charge is -2.54. The van der Waals surface area contributed by atoms with Gasteiger partial charge in [-0.2, -0.15) is 0 Å². The molecule has 2 aliphatic rings. The van der Waals surface area contributed by atoms with Crippen molar-refractivity contribution in [3.05, 3.63) is 29.3 Å². The van der Waals surface area contributed by atoms with Gasteiger partial charge in [0.15, 0.2) is 0 Å². The molecular formula is C17H23NO. The van der Waals surface area contributed by atoms with Crippen molar-refractivity contribution in [1.82, 2.24) is 0 Å². The molecule has 1 aromatic carbocycles. The number of aliphatic imine (C=N–C) groups is 1. The number of aryl methyl sites for hydroxylation is 1. The lowest BCUT2D eigenvalue weighted by Crippen LogP contribution is -2.54. The first kappa shape index (κ1) is 12.7. The van der Waals surface area contributed by atoms with E-state index in [1.807, 2.05) is 19.2 Å². The second kappa shape index (κ2) is 4.66. The van der Waals surface area contributed by atoms with Crippen LogP contribution in [0.15, 0.2) is 23.2 Å². The van der Waals surface area contributed by atoms with E-state index in [4.69, 9.17) is 0 Å². The van der Waals surface area contributed by atoms with Crippen LogP contribution in [-0.2, 0) is 11.8 Å². The van der Waals surface area contributed by atoms with Crippen molar-refractivity contribution in [1.29, 1.82) is 0 Å². The molecule has 0 heterocycles. The van der Waals surface area contributed by atoms with Gasteiger partial charge in [-0.25, -0.2) is 0 Å². The average molecular weight is 257 g/mol. The summed E-state index contributed by atoms with van der Waals surface area (Å²) in [5, 5.41) is 9.88. The van der Waals surface area contributed by atoms with Gasteiger partial charge in [-0.1, -0.05) is 25.8 Å². The van der Waals surface area contributed by atoms with Gasteiger partial charge in [-0.15, -0.1) is 0 Å². The summed E-state index contributed by atoms with van der Waals surface area (Å²) in [4.78, 5) is 4.48. The SMILES string of the molecule is CCc1ccc(O)cc1[C@]12CCCC[C@@H]1C(=NC)C2. The zero-order chi connectivity index (χ0) is 13.5. The second-order valence-electron chi connectivity index (χ2n) is 6.04. The molecule has 2 fully saturated rings. The third kappa shape index (κ3) is 1.80. The van der Waals surface area contributed by atoms with Crippen LogP contribution in [0.2, 0.25) is 0 Å². The Morgan fingerprint density at radius 2 is 2.21 bits per heavy atom. The Kier molecular flexibility index (Phi) is 3.12. The fraction of sp³-hybridized carbons (Fsp3) is 0.588. The van der Waals surface area contributed by atoms with Crippen molar-refractivity contribution >= 4 is 5.71 Å². The van der Waals surface area contributed by atoms with Crippen LogP contribution in [0, 0.1) is 5.92 Å². The summed E-state index contributed by atoms with van der Waals surface area (Å²) in [6.07, 6.45) is 7.31. The number of benzene rings is 1. The molecule has 0 aromatic heterocycles. The minimum Gasteiger partial charge on any atom is -0.508 e. The monoisotopic (exact) mass is 257 g/mol. The molecule has 1 aromatic rings. The molecule has 2 atom stereocenters. The highest BCUT2D eigenvalue weighted by Gasteiger charge is 2.53. The molecule has 1 N–H and O–H groups in total. The largest absolute Gasteiger partial charge is 0.508 e. The van der Waals surface area contributed by atoms with Crippen molar-refractivity contribution in [3.8, 4) is 5.75 Å². The Labute approximate surface area is 115 Å². The number of hydrogen-bond donors (Lipinski definition) is 1. The Morgan fingerprint density at radius 1 is 1.37 bits per heavy atom. The molecule has 19 heavy (non-hydrogen) atoms. The normalized spacial score (nSPS) is 31.9. The van der Waals surface area contributed by atoms with E-state index in [2.05, 4.69) is 18.0 Å². The van der Waals surface area contributed by atoms with Crippen molar-refractivity contribution in [2.24, 2.45) is 10.9 Å². The van der Waals surface area contributed by atoms with Gasteiger partial charge in [0.2, 0.25) is 0 Å². The predicted octanol–water partition coefficient (Wildman–Crippen LogP) is 3.86. The van der Waals surface area contributed by atoms with Crippen LogP contribution >= 0.6 is 0 Å². The molecule has 0 amide bonds. The highest BCUT2D eigenvalue weighted by molar-refractivity contribution is 5.96. The van der Waals surface area contributed by atoms with Crippen LogP contribution in [0.3, 0.4) is 0 Å². The maximum absolute atomic E-state index is 9.88. The van der Waals surface area contributed by atoms with Gasteiger partial charge in [0, 0.05) is 24.1 Å². The van der Waals surface area contributed by atoms with E-state index in [9.17, 15) is 5.11 Å². The molecule has 0 radical (unpaired) electrons. The van der Waals surface area contributed by atoms with Crippen LogP contribution in [0.4, 0.5) is 0 Å². The first-order valence-corrected chi connectivity index (χ1v) is 7.49. The number of phenols is 1. The van der Waals surface area contributed by atoms with Crippen molar-refractivity contribution < 1.29 is 5.11 Å². The summed E-state index contributed by atoms with van der Waals surface area (Å²) in [5.41, 5.74) is 4.47. The quantitative estimate of drug-likeness (QED) is 0.857. The number of hydrogen-bond acceptors (Lipinski definition) is 2. The molecule has 0 unspecified atom stereocenters. The number of phenolic OH excluding ortho intramolecular Hbond substituents is 1. The highest BCUT2D eigenvalue weighted by Crippen LogP contribution is 2.56. The summed E-state index contributed by atoms with van der Waals surface area (Å²) < 4.78 is 0. The van der Waals surface area contributed by atoms with Crippen LogP contribution in [-0.4, -0.2) is 17.9 Å². The first-order valence-electron chi connectivity index (χ1n) is 7.49. The zero-order valence-corrected chi connectivity index (χ0v) is 11.9. The fourth-order valence-electron chi connectivity index (χ4n) is 4.24. The number of rotatable bonds is 2. The predicted molar refractivity (Wildman–Crippen MR) is 79.1 cm³/mol. The van der Waals surface area contributed by atoms with Gasteiger partial charge in [0.25, 0.3) is 0 Å². The van der Waals surface area contributed by atoms with E-state index in [1.54, 1.807) is 0 Å². The standard InChI is InChI=1S/C17H23NO/c1-3-12-7-8-13(19)10-15(12)17-9-5-4-6-14(17)16(11-17)18-2/h7-8,10,14,19H,3-6,9,11H2,1-2H3/t14-,17+/m1/s1. The minimum atomic E-state index is 0.275. The summed E-state index contributed by atoms with van der Waals surface area (Å²) in [7, 11) is 1.93. The van der Waals surface area contributed by atoms with Gasteiger partial charge in [-0.3, -0.25) is 4.99 Å². The molecule has 2 aliphatic carbocycles. The summed E-state index contributed by atoms with van der Waals surface area (Å²) >= 11 is 0. The molecule has 0 aliphatic heterocycles. The number of aromatic hydroxyl groups is 1. The lowest BCUT2D eigenvalue weighted by molar-refractivity contribution is 0.194. The minimum absolute atomic E-state index is 0.275. The Hall–Kier alpha value is -1.31. The van der Waals surface area contributed by atoms with E-state index < -0.39 is 0 Å². The van der Waals surface area contributed by atoms with Gasteiger partial charge < -0.3 is 5.11 Å². The molecule has 0 spiro atoms. The van der Waals surface area contributed by atoms with Crippen LogP contribution in [0.25, 0.3) is 0 Å². The number of nitrogens with zero attached hydrogens (tertiary/aromatic N) is 1. The van der Waals surface area contributed by atoms with Crippen molar-refractivity contribution in [2.75, 3.05) is 7.05 Å². The van der Waals surface area contributed by atoms with E-state index >= 15 is 0 Å². The number of fused-ring (bicyclic) bond motifs is 1. The fourth-order valence-corrected chi connectivity index (χ4v) is 4.24. The highest BCUT2D eigenvalue weighted by atomic mass is 16.3. The van der Waals surface area contributed by atoms with Crippen LogP contribution in [0.1, 0.15) is 50.2 Å². The maximum atomic E-state index is 9.88. The van der Waals surface area contributed by atoms with Crippen molar-refractivity contribution in [2.45, 2.75) is 50.9 Å². The molecule has 2 nitrogen and oxygen atoms in total. The van der Waals surface area contributed by atoms with E-state index in [0.717, 1.165) is 12.8 Å². The van der Waals surface area contributed by atoms with Gasteiger partial charge in [-0.05, 0) is 48.9 Å². The van der Waals surface area contributed by atoms with Gasteiger partial charge in [0.1, 0.15) is 5.75 Å². The topological polar surface area (TPSA) is 32.6 Å². The Bertz CT molecular complexity index is 520. The van der Waals surface area contributed by atoms with E-state index in [-0.39, 0.29) is 5.41 Å². The molecular weight excluding hydrogens is 234 g/mol. The molecule has 102 valence electrons. The smallest absolute Gasteiger partial charge is 0.115 e. The third-order valence-electron chi connectivity index (χ3n) is 5.23. The van der Waals surface area contributed by atoms with E-state index in [0.29, 0.717) is 11.7 Å². The molecule has 2 heteroatoms. The zero-order valence-electron chi connectivity index (χ0n) is 11.9. The molecule has 3 rings (SSSR count). The summed E-state index contributed by atoms with van der Waals surface area (Å²) in [5.74, 6) is 1.03. The maximum Gasteiger partial charge on any atom is 0.115 e. The Balaban J connectivity index is 2.07. The molecule has 2 saturated carbocycles. The van der Waals surface area contributed by atoms with Crippen molar-refractivity contribution in [3.63, 3.8) is 0 Å². The second-order valence-corrected chi connectivity index (χ2v) is 6.04. The summed E-state index contributed by atoms with van der Waals surface area (Å²) in [6.45, 7) is 2.21. The van der Waals surface area contributed by atoms with Gasteiger partial charge in [0.05, 0.1) is 0 Å². The van der Waals surface area contributed by atoms with Crippen LogP contribution < -0.4 is 0 Å².